The van der Waals surface area contributed by atoms with Crippen LogP contribution in [0.3, 0.4) is 0 Å². The molecule has 0 atom stereocenters. The molecule has 1 amide bonds. The molecule has 0 saturated heterocycles. The van der Waals surface area contributed by atoms with Gasteiger partial charge in [-0.15, -0.1) is 0 Å². The lowest BCUT2D eigenvalue weighted by atomic mass is 10.1. The van der Waals surface area contributed by atoms with E-state index in [1.165, 1.54) is 11.8 Å². The third-order valence-corrected chi connectivity index (χ3v) is 5.40. The van der Waals surface area contributed by atoms with E-state index in [2.05, 4.69) is 20.4 Å². The zero-order valence-corrected chi connectivity index (χ0v) is 17.3. The van der Waals surface area contributed by atoms with Crippen molar-refractivity contribution in [2.45, 2.75) is 25.4 Å². The summed E-state index contributed by atoms with van der Waals surface area (Å²) in [6, 6.07) is 14.9. The molecule has 4 aromatic rings. The van der Waals surface area contributed by atoms with Crippen molar-refractivity contribution in [1.29, 1.82) is 0 Å². The number of hydrogen-bond donors (Lipinski definition) is 1. The van der Waals surface area contributed by atoms with Crippen LogP contribution in [0, 0.1) is 6.92 Å². The number of fused-ring (bicyclic) bond motifs is 1. The molecule has 0 saturated carbocycles. The molecule has 0 unspecified atom stereocenters. The SMILES string of the molecule is CCc1ccccc1-n1c(SCC(=O)Nc2nc(C)no2)nc2ccccc2c1=O. The number of thioether (sulfide) groups is 1. The van der Waals surface area contributed by atoms with E-state index in [1.54, 1.807) is 23.6 Å². The number of anilines is 1. The van der Waals surface area contributed by atoms with Crippen LogP contribution in [0.2, 0.25) is 0 Å². The number of nitrogens with one attached hydrogen (secondary N) is 1. The van der Waals surface area contributed by atoms with Crippen LogP contribution in [0.5, 0.6) is 0 Å². The summed E-state index contributed by atoms with van der Waals surface area (Å²) in [6.45, 7) is 3.70. The van der Waals surface area contributed by atoms with Crippen LogP contribution >= 0.6 is 11.8 Å². The van der Waals surface area contributed by atoms with E-state index < -0.39 is 0 Å². The zero-order chi connectivity index (χ0) is 21.1. The fourth-order valence-electron chi connectivity index (χ4n) is 3.08. The normalized spacial score (nSPS) is 11.0. The monoisotopic (exact) mass is 421 g/mol. The van der Waals surface area contributed by atoms with Gasteiger partial charge in [0.25, 0.3) is 5.56 Å². The third-order valence-electron chi connectivity index (χ3n) is 4.46. The Kier molecular flexibility index (Phi) is 5.62. The molecule has 30 heavy (non-hydrogen) atoms. The minimum atomic E-state index is -0.332. The summed E-state index contributed by atoms with van der Waals surface area (Å²) in [6.07, 6.45) is 0.760. The van der Waals surface area contributed by atoms with Crippen molar-refractivity contribution in [3.05, 3.63) is 70.3 Å². The third kappa shape index (κ3) is 3.97. The van der Waals surface area contributed by atoms with Crippen molar-refractivity contribution in [3.63, 3.8) is 0 Å². The molecular weight excluding hydrogens is 402 g/mol. The Morgan fingerprint density at radius 2 is 1.90 bits per heavy atom. The molecule has 2 aromatic heterocycles. The first-order valence-corrected chi connectivity index (χ1v) is 10.4. The number of rotatable bonds is 6. The van der Waals surface area contributed by atoms with E-state index >= 15 is 0 Å². The summed E-state index contributed by atoms with van der Waals surface area (Å²) in [5.41, 5.74) is 2.20. The Morgan fingerprint density at radius 3 is 2.67 bits per heavy atom. The van der Waals surface area contributed by atoms with E-state index in [0.29, 0.717) is 21.9 Å². The van der Waals surface area contributed by atoms with Gasteiger partial charge in [-0.3, -0.25) is 19.5 Å². The lowest BCUT2D eigenvalue weighted by Gasteiger charge is -2.15. The molecule has 8 nitrogen and oxygen atoms in total. The smallest absolute Gasteiger partial charge is 0.315 e. The van der Waals surface area contributed by atoms with E-state index in [-0.39, 0.29) is 23.2 Å². The molecule has 0 bridgehead atoms. The number of aryl methyl sites for hydroxylation is 2. The van der Waals surface area contributed by atoms with Crippen LogP contribution in [0.1, 0.15) is 18.3 Å². The first-order valence-electron chi connectivity index (χ1n) is 9.40. The van der Waals surface area contributed by atoms with Gasteiger partial charge < -0.3 is 4.52 Å². The number of para-hydroxylation sites is 2. The van der Waals surface area contributed by atoms with Crippen LogP contribution in [0.15, 0.2) is 63.0 Å². The second-order valence-electron chi connectivity index (χ2n) is 6.52. The van der Waals surface area contributed by atoms with Crippen LogP contribution in [-0.4, -0.2) is 31.4 Å². The van der Waals surface area contributed by atoms with Crippen LogP contribution in [0.25, 0.3) is 16.6 Å². The number of amides is 1. The fourth-order valence-corrected chi connectivity index (χ4v) is 3.89. The summed E-state index contributed by atoms with van der Waals surface area (Å²) in [5, 5.41) is 7.16. The molecule has 152 valence electrons. The first-order chi connectivity index (χ1) is 14.6. The lowest BCUT2D eigenvalue weighted by molar-refractivity contribution is -0.114. The number of nitrogens with zero attached hydrogens (tertiary/aromatic N) is 4. The summed E-state index contributed by atoms with van der Waals surface area (Å²) in [4.78, 5) is 34.3. The molecule has 0 fully saturated rings. The van der Waals surface area contributed by atoms with Gasteiger partial charge >= 0.3 is 6.01 Å². The fraction of sp³-hybridized carbons (Fsp3) is 0.190. The van der Waals surface area contributed by atoms with Crippen molar-refractivity contribution in [1.82, 2.24) is 19.7 Å². The maximum atomic E-state index is 13.3. The van der Waals surface area contributed by atoms with E-state index in [0.717, 1.165) is 17.7 Å². The van der Waals surface area contributed by atoms with Gasteiger partial charge in [0.05, 0.1) is 22.3 Å². The Bertz CT molecular complexity index is 1280. The molecule has 2 heterocycles. The van der Waals surface area contributed by atoms with Crippen LogP contribution in [0.4, 0.5) is 6.01 Å². The summed E-state index contributed by atoms with van der Waals surface area (Å²) < 4.78 is 6.49. The highest BCUT2D eigenvalue weighted by molar-refractivity contribution is 7.99. The van der Waals surface area contributed by atoms with E-state index in [4.69, 9.17) is 4.52 Å². The molecule has 0 spiro atoms. The summed E-state index contributed by atoms with van der Waals surface area (Å²) >= 11 is 1.17. The number of benzene rings is 2. The molecule has 0 aliphatic carbocycles. The standard InChI is InChI=1S/C21H19N5O3S/c1-3-14-8-4-7-11-17(14)26-19(28)15-9-5-6-10-16(15)23-21(26)30-12-18(27)24-20-22-13(2)25-29-20/h4-11H,3,12H2,1-2H3,(H,22,24,25,27). The summed E-state index contributed by atoms with van der Waals surface area (Å²) in [7, 11) is 0. The minimum Gasteiger partial charge on any atom is -0.315 e. The van der Waals surface area contributed by atoms with Crippen molar-refractivity contribution >= 4 is 34.6 Å². The number of carbonyl (C=O) groups is 1. The van der Waals surface area contributed by atoms with Crippen molar-refractivity contribution < 1.29 is 9.32 Å². The van der Waals surface area contributed by atoms with Gasteiger partial charge in [-0.2, -0.15) is 4.98 Å². The topological polar surface area (TPSA) is 103 Å². The molecule has 1 N–H and O–H groups in total. The number of carbonyl (C=O) groups excluding carboxylic acids is 1. The Morgan fingerprint density at radius 1 is 1.13 bits per heavy atom. The van der Waals surface area contributed by atoms with Crippen molar-refractivity contribution in [2.75, 3.05) is 11.1 Å². The number of hydrogen-bond acceptors (Lipinski definition) is 7. The van der Waals surface area contributed by atoms with Gasteiger partial charge in [-0.25, -0.2) is 4.98 Å². The van der Waals surface area contributed by atoms with Gasteiger partial charge in [0.1, 0.15) is 0 Å². The molecule has 2 aromatic carbocycles. The first kappa shape index (κ1) is 19.8. The Labute approximate surface area is 176 Å². The van der Waals surface area contributed by atoms with Gasteiger partial charge in [-0.05, 0) is 37.1 Å². The quantitative estimate of drug-likeness (QED) is 0.376. The molecule has 9 heteroatoms. The largest absolute Gasteiger partial charge is 0.328 e. The van der Waals surface area contributed by atoms with Crippen LogP contribution in [-0.2, 0) is 11.2 Å². The molecule has 0 aliphatic heterocycles. The van der Waals surface area contributed by atoms with Gasteiger partial charge in [0.15, 0.2) is 11.0 Å². The second kappa shape index (κ2) is 8.50. The van der Waals surface area contributed by atoms with E-state index in [1.807, 2.05) is 43.3 Å². The van der Waals surface area contributed by atoms with Crippen molar-refractivity contribution in [2.24, 2.45) is 0 Å². The van der Waals surface area contributed by atoms with E-state index in [9.17, 15) is 9.59 Å². The van der Waals surface area contributed by atoms with Crippen LogP contribution < -0.4 is 10.9 Å². The minimum absolute atomic E-state index is 0.0283. The molecule has 4 rings (SSSR count). The average Bonchev–Trinajstić information content (AvgIpc) is 3.17. The highest BCUT2D eigenvalue weighted by Crippen LogP contribution is 2.23. The maximum Gasteiger partial charge on any atom is 0.328 e. The second-order valence-corrected chi connectivity index (χ2v) is 7.46. The Hall–Kier alpha value is -3.46. The highest BCUT2D eigenvalue weighted by atomic mass is 32.2. The predicted molar refractivity (Wildman–Crippen MR) is 115 cm³/mol. The van der Waals surface area contributed by atoms with Gasteiger partial charge in [0, 0.05) is 0 Å². The zero-order valence-electron chi connectivity index (χ0n) is 16.5. The molecular formula is C21H19N5O3S. The maximum absolute atomic E-state index is 13.3. The predicted octanol–water partition coefficient (Wildman–Crippen LogP) is 3.37. The average molecular weight is 421 g/mol. The molecule has 0 aliphatic rings. The summed E-state index contributed by atoms with van der Waals surface area (Å²) in [5.74, 6) is 0.126. The van der Waals surface area contributed by atoms with Crippen molar-refractivity contribution in [3.8, 4) is 5.69 Å². The Balaban J connectivity index is 1.72. The number of aromatic nitrogens is 4. The lowest BCUT2D eigenvalue weighted by Crippen LogP contribution is -2.23. The van der Waals surface area contributed by atoms with Gasteiger partial charge in [0.2, 0.25) is 5.91 Å². The molecule has 0 radical (unpaired) electrons. The highest BCUT2D eigenvalue weighted by Gasteiger charge is 2.17. The van der Waals surface area contributed by atoms with Gasteiger partial charge in [-0.1, -0.05) is 54.2 Å².